The molecule has 50 valence electrons. The molecule has 0 bridgehead atoms. The van der Waals surface area contributed by atoms with Crippen LogP contribution in [-0.2, 0) is 0 Å². The Morgan fingerprint density at radius 3 is 2.78 bits per heavy atom. The molecule has 0 saturated heterocycles. The number of nitrogens with two attached hydrogens (primary N) is 1. The SMILES string of the molecule is C=C(Br)N/C=C(\N)N=O. The number of halogens is 1. The van der Waals surface area contributed by atoms with Gasteiger partial charge in [0.1, 0.15) is 0 Å². The van der Waals surface area contributed by atoms with Crippen molar-refractivity contribution in [3.8, 4) is 0 Å². The first-order valence-corrected chi connectivity index (χ1v) is 2.86. The van der Waals surface area contributed by atoms with Crippen molar-refractivity contribution in [3.63, 3.8) is 0 Å². The predicted octanol–water partition coefficient (Wildman–Crippen LogP) is 0.966. The van der Waals surface area contributed by atoms with Gasteiger partial charge >= 0.3 is 0 Å². The van der Waals surface area contributed by atoms with E-state index in [9.17, 15) is 4.91 Å². The van der Waals surface area contributed by atoms with Crippen molar-refractivity contribution in [2.24, 2.45) is 10.9 Å². The highest BCUT2D eigenvalue weighted by molar-refractivity contribution is 9.11. The van der Waals surface area contributed by atoms with E-state index < -0.39 is 0 Å². The van der Waals surface area contributed by atoms with Gasteiger partial charge in [0, 0.05) is 6.20 Å². The van der Waals surface area contributed by atoms with Crippen LogP contribution in [0.3, 0.4) is 0 Å². The van der Waals surface area contributed by atoms with Crippen LogP contribution >= 0.6 is 15.9 Å². The summed E-state index contributed by atoms with van der Waals surface area (Å²) in [5, 5.41) is 4.96. The summed E-state index contributed by atoms with van der Waals surface area (Å²) in [6, 6.07) is 0. The van der Waals surface area contributed by atoms with Crippen LogP contribution in [0.25, 0.3) is 0 Å². The first-order valence-electron chi connectivity index (χ1n) is 2.06. The summed E-state index contributed by atoms with van der Waals surface area (Å²) in [6.07, 6.45) is 1.24. The molecule has 0 aliphatic carbocycles. The number of hydrogen-bond acceptors (Lipinski definition) is 4. The molecule has 0 spiro atoms. The van der Waals surface area contributed by atoms with Gasteiger partial charge in [0.05, 0.1) is 4.61 Å². The maximum atomic E-state index is 9.59. The third kappa shape index (κ3) is 5.02. The molecule has 0 saturated carbocycles. The molecular formula is C4H6BrN3O. The second kappa shape index (κ2) is 4.08. The van der Waals surface area contributed by atoms with E-state index >= 15 is 0 Å². The number of rotatable bonds is 3. The highest BCUT2D eigenvalue weighted by Gasteiger charge is 1.83. The fourth-order valence-corrected chi connectivity index (χ4v) is 0.293. The second-order valence-corrected chi connectivity index (χ2v) is 2.17. The fraction of sp³-hybridized carbons (Fsp3) is 0. The Morgan fingerprint density at radius 2 is 2.44 bits per heavy atom. The Morgan fingerprint density at radius 1 is 1.89 bits per heavy atom. The highest BCUT2D eigenvalue weighted by atomic mass is 79.9. The molecule has 0 aromatic heterocycles. The van der Waals surface area contributed by atoms with E-state index in [0.29, 0.717) is 4.61 Å². The zero-order valence-corrected chi connectivity index (χ0v) is 6.18. The van der Waals surface area contributed by atoms with Crippen LogP contribution in [-0.4, -0.2) is 0 Å². The van der Waals surface area contributed by atoms with Gasteiger partial charge in [-0.25, -0.2) is 0 Å². The van der Waals surface area contributed by atoms with Crippen molar-refractivity contribution in [1.82, 2.24) is 5.32 Å². The molecule has 0 aromatic rings. The maximum absolute atomic E-state index is 9.59. The Balaban J connectivity index is 3.69. The summed E-state index contributed by atoms with van der Waals surface area (Å²) in [6.45, 7) is 3.42. The zero-order chi connectivity index (χ0) is 7.28. The standard InChI is InChI=1S/C4H6BrN3O/c1-3(5)7-2-4(6)8-9/h2,7H,1,6H2/b4-2+. The lowest BCUT2D eigenvalue weighted by atomic mass is 10.7. The Bertz CT molecular complexity index is 154. The van der Waals surface area contributed by atoms with Crippen LogP contribution in [0.1, 0.15) is 0 Å². The van der Waals surface area contributed by atoms with Gasteiger partial charge in [0.2, 0.25) is 0 Å². The summed E-state index contributed by atoms with van der Waals surface area (Å²) in [4.78, 5) is 9.59. The molecule has 0 aliphatic rings. The Hall–Kier alpha value is -0.840. The average molecular weight is 192 g/mol. The minimum absolute atomic E-state index is 0.115. The molecule has 0 heterocycles. The molecule has 0 rings (SSSR count). The third-order valence-corrected chi connectivity index (χ3v) is 0.711. The van der Waals surface area contributed by atoms with E-state index in [2.05, 4.69) is 33.0 Å². The lowest BCUT2D eigenvalue weighted by Crippen LogP contribution is -2.02. The zero-order valence-electron chi connectivity index (χ0n) is 4.60. The third-order valence-electron chi connectivity index (χ3n) is 0.482. The minimum atomic E-state index is -0.115. The van der Waals surface area contributed by atoms with Gasteiger partial charge in [-0.3, -0.25) is 0 Å². The van der Waals surface area contributed by atoms with Gasteiger partial charge in [-0.2, -0.15) is 0 Å². The van der Waals surface area contributed by atoms with Crippen LogP contribution < -0.4 is 11.1 Å². The van der Waals surface area contributed by atoms with Crippen molar-refractivity contribution in [2.45, 2.75) is 0 Å². The van der Waals surface area contributed by atoms with Gasteiger partial charge in [-0.05, 0) is 21.1 Å². The summed E-state index contributed by atoms with van der Waals surface area (Å²) < 4.78 is 0.522. The number of hydrogen-bond donors (Lipinski definition) is 2. The summed E-state index contributed by atoms with van der Waals surface area (Å²) in [7, 11) is 0. The molecule has 0 aliphatic heterocycles. The van der Waals surface area contributed by atoms with Crippen LogP contribution in [0.15, 0.2) is 28.4 Å². The lowest BCUT2D eigenvalue weighted by molar-refractivity contribution is 1.09. The van der Waals surface area contributed by atoms with E-state index in [0.717, 1.165) is 0 Å². The monoisotopic (exact) mass is 191 g/mol. The smallest absolute Gasteiger partial charge is 0.184 e. The highest BCUT2D eigenvalue weighted by Crippen LogP contribution is 1.93. The van der Waals surface area contributed by atoms with Crippen LogP contribution in [0.2, 0.25) is 0 Å². The summed E-state index contributed by atoms with van der Waals surface area (Å²) in [5.74, 6) is -0.115. The topological polar surface area (TPSA) is 67.5 Å². The van der Waals surface area contributed by atoms with Crippen LogP contribution in [0, 0.1) is 4.91 Å². The molecule has 9 heavy (non-hydrogen) atoms. The van der Waals surface area contributed by atoms with E-state index in [1.54, 1.807) is 0 Å². The quantitative estimate of drug-likeness (QED) is 0.517. The van der Waals surface area contributed by atoms with Gasteiger partial charge in [-0.15, -0.1) is 4.91 Å². The van der Waals surface area contributed by atoms with Crippen molar-refractivity contribution in [2.75, 3.05) is 0 Å². The molecule has 0 amide bonds. The fourth-order valence-electron chi connectivity index (χ4n) is 0.179. The van der Waals surface area contributed by atoms with E-state index in [-0.39, 0.29) is 5.82 Å². The molecule has 4 nitrogen and oxygen atoms in total. The normalized spacial score (nSPS) is 10.6. The molecule has 0 unspecified atom stereocenters. The van der Waals surface area contributed by atoms with E-state index in [1.165, 1.54) is 6.20 Å². The molecule has 5 heteroatoms. The average Bonchev–Trinajstić information content (AvgIpc) is 1.83. The number of nitrogens with one attached hydrogen (secondary N) is 1. The summed E-state index contributed by atoms with van der Waals surface area (Å²) >= 11 is 2.98. The lowest BCUT2D eigenvalue weighted by Gasteiger charge is -1.92. The molecular weight excluding hydrogens is 186 g/mol. The number of nitrogens with zero attached hydrogens (tertiary/aromatic N) is 1. The second-order valence-electron chi connectivity index (χ2n) is 1.21. The molecule has 3 N–H and O–H groups in total. The van der Waals surface area contributed by atoms with Gasteiger partial charge in [0.15, 0.2) is 5.82 Å². The van der Waals surface area contributed by atoms with Crippen LogP contribution in [0.4, 0.5) is 0 Å². The van der Waals surface area contributed by atoms with Crippen molar-refractivity contribution < 1.29 is 0 Å². The van der Waals surface area contributed by atoms with E-state index in [1.807, 2.05) is 0 Å². The maximum Gasteiger partial charge on any atom is 0.184 e. The molecule has 0 radical (unpaired) electrons. The van der Waals surface area contributed by atoms with Gasteiger partial charge in [0.25, 0.3) is 0 Å². The molecule has 0 aromatic carbocycles. The molecule has 0 fully saturated rings. The Kier molecular flexibility index (Phi) is 3.70. The molecule has 0 atom stereocenters. The first-order chi connectivity index (χ1) is 4.16. The predicted molar refractivity (Wildman–Crippen MR) is 39.3 cm³/mol. The van der Waals surface area contributed by atoms with Crippen molar-refractivity contribution in [1.29, 1.82) is 0 Å². The van der Waals surface area contributed by atoms with Crippen molar-refractivity contribution >= 4 is 15.9 Å². The first kappa shape index (κ1) is 8.16. The summed E-state index contributed by atoms with van der Waals surface area (Å²) in [5.41, 5.74) is 4.98. The Labute approximate surface area is 60.9 Å². The van der Waals surface area contributed by atoms with E-state index in [4.69, 9.17) is 5.73 Å². The largest absolute Gasteiger partial charge is 0.380 e. The van der Waals surface area contributed by atoms with Crippen LogP contribution in [0.5, 0.6) is 0 Å². The van der Waals surface area contributed by atoms with Gasteiger partial charge < -0.3 is 11.1 Å². The van der Waals surface area contributed by atoms with Crippen molar-refractivity contribution in [3.05, 3.63) is 28.1 Å². The number of nitroso groups, excluding NO2 is 1. The minimum Gasteiger partial charge on any atom is -0.380 e. The van der Waals surface area contributed by atoms with Gasteiger partial charge in [-0.1, -0.05) is 6.58 Å².